The Labute approximate surface area is 153 Å². The number of rotatable bonds is 10. The van der Waals surface area contributed by atoms with Crippen molar-refractivity contribution in [3.05, 3.63) is 29.8 Å². The highest BCUT2D eigenvalue weighted by molar-refractivity contribution is 8.00. The van der Waals surface area contributed by atoms with Crippen LogP contribution < -0.4 is 10.6 Å². The average Bonchev–Trinajstić information content (AvgIpc) is 3.17. The van der Waals surface area contributed by atoms with Crippen LogP contribution in [0.1, 0.15) is 23.2 Å². The van der Waals surface area contributed by atoms with Gasteiger partial charge in [0.05, 0.1) is 17.9 Å². The third kappa shape index (κ3) is 6.68. The molecule has 0 aliphatic carbocycles. The Balaban J connectivity index is 1.80. The lowest BCUT2D eigenvalue weighted by Crippen LogP contribution is -2.33. The van der Waals surface area contributed by atoms with Crippen molar-refractivity contribution < 1.29 is 14.3 Å². The molecule has 0 bridgehead atoms. The predicted molar refractivity (Wildman–Crippen MR) is 100 cm³/mol. The van der Waals surface area contributed by atoms with Gasteiger partial charge in [0.15, 0.2) is 0 Å². The maximum absolute atomic E-state index is 12.4. The quantitative estimate of drug-likeness (QED) is 0.484. The topological polar surface area (TPSA) is 70.7 Å². The van der Waals surface area contributed by atoms with E-state index in [0.29, 0.717) is 31.0 Å². The number of ether oxygens (including phenoxy) is 1. The second-order valence-corrected chi connectivity index (χ2v) is 6.89. The van der Waals surface area contributed by atoms with Crippen LogP contribution in [0.15, 0.2) is 29.2 Å². The zero-order valence-electron chi connectivity index (χ0n) is 14.8. The third-order valence-electron chi connectivity index (χ3n) is 4.01. The first-order valence-electron chi connectivity index (χ1n) is 8.70. The molecule has 0 spiro atoms. The highest BCUT2D eigenvalue weighted by Gasteiger charge is 2.19. The molecule has 1 saturated heterocycles. The predicted octanol–water partition coefficient (Wildman–Crippen LogP) is 1.37. The van der Waals surface area contributed by atoms with Gasteiger partial charge >= 0.3 is 0 Å². The molecule has 0 atom stereocenters. The summed E-state index contributed by atoms with van der Waals surface area (Å²) in [6.45, 7) is 4.37. The van der Waals surface area contributed by atoms with E-state index in [4.69, 9.17) is 4.74 Å². The highest BCUT2D eigenvalue weighted by atomic mass is 32.2. The highest BCUT2D eigenvalue weighted by Crippen LogP contribution is 2.23. The zero-order chi connectivity index (χ0) is 17.9. The number of nitrogens with zero attached hydrogens (tertiary/aromatic N) is 1. The van der Waals surface area contributed by atoms with Crippen LogP contribution in [0.2, 0.25) is 0 Å². The van der Waals surface area contributed by atoms with E-state index >= 15 is 0 Å². The van der Waals surface area contributed by atoms with Gasteiger partial charge in [-0.15, -0.1) is 11.8 Å². The lowest BCUT2D eigenvalue weighted by atomic mass is 10.2. The van der Waals surface area contributed by atoms with Gasteiger partial charge in [-0.05, 0) is 25.0 Å². The SMILES string of the molecule is COCCNCCNC(=O)c1ccccc1SCC(=O)N1CCCC1. The molecule has 2 N–H and O–H groups in total. The van der Waals surface area contributed by atoms with E-state index in [2.05, 4.69) is 10.6 Å². The monoisotopic (exact) mass is 365 g/mol. The number of carbonyl (C=O) groups is 2. The van der Waals surface area contributed by atoms with Gasteiger partial charge in [-0.3, -0.25) is 9.59 Å². The second-order valence-electron chi connectivity index (χ2n) is 5.87. The van der Waals surface area contributed by atoms with Crippen molar-refractivity contribution in [3.8, 4) is 0 Å². The molecule has 0 aromatic heterocycles. The van der Waals surface area contributed by atoms with Crippen LogP contribution in [0.3, 0.4) is 0 Å². The first-order chi connectivity index (χ1) is 12.2. The summed E-state index contributed by atoms with van der Waals surface area (Å²) in [5, 5.41) is 6.09. The van der Waals surface area contributed by atoms with Crippen LogP contribution >= 0.6 is 11.8 Å². The van der Waals surface area contributed by atoms with Gasteiger partial charge in [-0.2, -0.15) is 0 Å². The minimum absolute atomic E-state index is 0.106. The van der Waals surface area contributed by atoms with E-state index in [-0.39, 0.29) is 11.8 Å². The van der Waals surface area contributed by atoms with Crippen molar-refractivity contribution in [1.29, 1.82) is 0 Å². The number of benzene rings is 1. The molecule has 138 valence electrons. The molecule has 1 aliphatic rings. The Morgan fingerprint density at radius 2 is 1.92 bits per heavy atom. The average molecular weight is 365 g/mol. The smallest absolute Gasteiger partial charge is 0.252 e. The fraction of sp³-hybridized carbons (Fsp3) is 0.556. The molecule has 6 nitrogen and oxygen atoms in total. The molecule has 1 heterocycles. The van der Waals surface area contributed by atoms with Crippen molar-refractivity contribution in [2.75, 3.05) is 52.2 Å². The Morgan fingerprint density at radius 3 is 2.68 bits per heavy atom. The standard InChI is InChI=1S/C18H27N3O3S/c1-24-13-10-19-8-9-20-18(23)15-6-2-3-7-16(15)25-14-17(22)21-11-4-5-12-21/h2-3,6-7,19H,4-5,8-14H2,1H3,(H,20,23). The van der Waals surface area contributed by atoms with Gasteiger partial charge in [-0.1, -0.05) is 12.1 Å². The molecule has 0 unspecified atom stereocenters. The van der Waals surface area contributed by atoms with Crippen LogP contribution in [0.4, 0.5) is 0 Å². The van der Waals surface area contributed by atoms with E-state index in [1.54, 1.807) is 13.2 Å². The molecule has 2 rings (SSSR count). The zero-order valence-corrected chi connectivity index (χ0v) is 15.6. The van der Waals surface area contributed by atoms with Crippen molar-refractivity contribution in [2.45, 2.75) is 17.7 Å². The maximum atomic E-state index is 12.4. The van der Waals surface area contributed by atoms with E-state index in [1.165, 1.54) is 11.8 Å². The van der Waals surface area contributed by atoms with Gasteiger partial charge in [0.2, 0.25) is 5.91 Å². The van der Waals surface area contributed by atoms with Crippen LogP contribution in [0.5, 0.6) is 0 Å². The number of thioether (sulfide) groups is 1. The van der Waals surface area contributed by atoms with E-state index in [0.717, 1.165) is 37.4 Å². The lowest BCUT2D eigenvalue weighted by molar-refractivity contribution is -0.127. The van der Waals surface area contributed by atoms with Crippen molar-refractivity contribution in [2.24, 2.45) is 0 Å². The molecule has 25 heavy (non-hydrogen) atoms. The summed E-state index contributed by atoms with van der Waals surface area (Å²) in [5.74, 6) is 0.424. The summed E-state index contributed by atoms with van der Waals surface area (Å²) < 4.78 is 4.95. The van der Waals surface area contributed by atoms with E-state index in [1.807, 2.05) is 23.1 Å². The maximum Gasteiger partial charge on any atom is 0.252 e. The first-order valence-corrected chi connectivity index (χ1v) is 9.68. The normalized spacial score (nSPS) is 13.9. The van der Waals surface area contributed by atoms with Gasteiger partial charge in [0, 0.05) is 44.7 Å². The molecular formula is C18H27N3O3S. The molecule has 1 aliphatic heterocycles. The van der Waals surface area contributed by atoms with Crippen LogP contribution in [-0.4, -0.2) is 68.9 Å². The van der Waals surface area contributed by atoms with Gasteiger partial charge in [-0.25, -0.2) is 0 Å². The fourth-order valence-corrected chi connectivity index (χ4v) is 3.59. The number of methoxy groups -OCH3 is 1. The summed E-state index contributed by atoms with van der Waals surface area (Å²) in [6.07, 6.45) is 2.18. The molecule has 2 amide bonds. The Bertz CT molecular complexity index is 562. The number of hydrogen-bond donors (Lipinski definition) is 2. The number of likely N-dealkylation sites (tertiary alicyclic amines) is 1. The van der Waals surface area contributed by atoms with Gasteiger partial charge in [0.25, 0.3) is 5.91 Å². The minimum atomic E-state index is -0.106. The summed E-state index contributed by atoms with van der Waals surface area (Å²) in [5.41, 5.74) is 0.624. The second kappa shape index (κ2) is 11.1. The number of amides is 2. The first kappa shape index (κ1) is 19.8. The third-order valence-corrected chi connectivity index (χ3v) is 5.07. The van der Waals surface area contributed by atoms with Crippen molar-refractivity contribution in [3.63, 3.8) is 0 Å². The lowest BCUT2D eigenvalue weighted by Gasteiger charge is -2.15. The Hall–Kier alpha value is -1.57. The molecule has 1 aromatic rings. The Morgan fingerprint density at radius 1 is 1.16 bits per heavy atom. The fourth-order valence-electron chi connectivity index (χ4n) is 2.64. The van der Waals surface area contributed by atoms with Crippen molar-refractivity contribution in [1.82, 2.24) is 15.5 Å². The minimum Gasteiger partial charge on any atom is -0.383 e. The number of hydrogen-bond acceptors (Lipinski definition) is 5. The molecule has 0 radical (unpaired) electrons. The molecule has 1 fully saturated rings. The van der Waals surface area contributed by atoms with E-state index < -0.39 is 0 Å². The molecule has 1 aromatic carbocycles. The van der Waals surface area contributed by atoms with Crippen LogP contribution in [0, 0.1) is 0 Å². The van der Waals surface area contributed by atoms with Gasteiger partial charge in [0.1, 0.15) is 0 Å². The summed E-state index contributed by atoms with van der Waals surface area (Å²) in [6, 6.07) is 7.44. The van der Waals surface area contributed by atoms with Gasteiger partial charge < -0.3 is 20.3 Å². The Kier molecular flexibility index (Phi) is 8.79. The number of carbonyl (C=O) groups excluding carboxylic acids is 2. The molecule has 0 saturated carbocycles. The largest absolute Gasteiger partial charge is 0.383 e. The molecular weight excluding hydrogens is 338 g/mol. The van der Waals surface area contributed by atoms with Crippen LogP contribution in [-0.2, 0) is 9.53 Å². The number of nitrogens with one attached hydrogen (secondary N) is 2. The summed E-state index contributed by atoms with van der Waals surface area (Å²) in [7, 11) is 1.66. The van der Waals surface area contributed by atoms with Crippen LogP contribution in [0.25, 0.3) is 0 Å². The van der Waals surface area contributed by atoms with Crippen molar-refractivity contribution >= 4 is 23.6 Å². The van der Waals surface area contributed by atoms with E-state index in [9.17, 15) is 9.59 Å². The summed E-state index contributed by atoms with van der Waals surface area (Å²) >= 11 is 1.44. The molecule has 7 heteroatoms. The summed E-state index contributed by atoms with van der Waals surface area (Å²) in [4.78, 5) is 27.3.